The lowest BCUT2D eigenvalue weighted by molar-refractivity contribution is -0.180. The number of aromatic nitrogens is 2. The summed E-state index contributed by atoms with van der Waals surface area (Å²) in [6, 6.07) is 16.0. The van der Waals surface area contributed by atoms with Crippen LogP contribution in [0.15, 0.2) is 72.1 Å². The maximum Gasteiger partial charge on any atom is 0.221 e. The molecule has 33 heavy (non-hydrogen) atoms. The molecular weight excluding hydrogens is 438 g/mol. The number of rotatable bonds is 10. The summed E-state index contributed by atoms with van der Waals surface area (Å²) in [5.41, 5.74) is 2.01. The fourth-order valence-corrected chi connectivity index (χ4v) is 4.68. The summed E-state index contributed by atoms with van der Waals surface area (Å²) >= 11 is 1.72. The van der Waals surface area contributed by atoms with E-state index in [0.717, 1.165) is 34.9 Å². The number of imidazole rings is 1. The molecule has 8 heteroatoms. The van der Waals surface area contributed by atoms with E-state index in [9.17, 15) is 4.79 Å². The second-order valence-corrected chi connectivity index (χ2v) is 9.15. The zero-order valence-electron chi connectivity index (χ0n) is 18.9. The molecule has 0 aliphatic carbocycles. The Hall–Kier alpha value is -2.81. The molecule has 1 aliphatic rings. The number of nitrogens with zero attached hydrogens (tertiary/aromatic N) is 2. The van der Waals surface area contributed by atoms with Crippen LogP contribution in [0.25, 0.3) is 0 Å². The Kier molecular flexibility index (Phi) is 7.69. The maximum absolute atomic E-state index is 11.2. The van der Waals surface area contributed by atoms with Crippen LogP contribution in [-0.2, 0) is 27.2 Å². The van der Waals surface area contributed by atoms with Crippen LogP contribution in [0.3, 0.4) is 0 Å². The fraction of sp³-hybridized carbons (Fsp3) is 0.360. The molecular formula is C25H29N3O4S. The van der Waals surface area contributed by atoms with E-state index in [4.69, 9.17) is 14.2 Å². The van der Waals surface area contributed by atoms with Gasteiger partial charge in [0.05, 0.1) is 32.7 Å². The van der Waals surface area contributed by atoms with Gasteiger partial charge in [-0.3, -0.25) is 4.79 Å². The van der Waals surface area contributed by atoms with Gasteiger partial charge in [0.15, 0.2) is 5.79 Å². The van der Waals surface area contributed by atoms with E-state index in [0.29, 0.717) is 13.2 Å². The molecule has 0 bridgehead atoms. The Morgan fingerprint density at radius 3 is 2.70 bits per heavy atom. The van der Waals surface area contributed by atoms with Crippen molar-refractivity contribution in [3.05, 3.63) is 72.8 Å². The van der Waals surface area contributed by atoms with Crippen LogP contribution in [0.4, 0.5) is 5.69 Å². The number of methoxy groups -OCH3 is 1. The number of amides is 1. The molecule has 1 aromatic heterocycles. The van der Waals surface area contributed by atoms with Gasteiger partial charge in [-0.05, 0) is 48.4 Å². The Labute approximate surface area is 198 Å². The summed E-state index contributed by atoms with van der Waals surface area (Å²) in [7, 11) is 1.67. The second-order valence-electron chi connectivity index (χ2n) is 8.06. The number of hydrogen-bond donors (Lipinski definition) is 1. The molecule has 174 valence electrons. The van der Waals surface area contributed by atoms with Gasteiger partial charge in [0.1, 0.15) is 5.75 Å². The Morgan fingerprint density at radius 2 is 2.03 bits per heavy atom. The normalized spacial score (nSPS) is 20.0. The number of hydrogen-bond acceptors (Lipinski definition) is 6. The van der Waals surface area contributed by atoms with Crippen molar-refractivity contribution >= 4 is 23.4 Å². The first kappa shape index (κ1) is 23.4. The SMILES string of the molecule is COc1ccc(CC[C@@]2(Cn3ccnc3)OC[C@H](CSc3ccc(NC(C)=O)cc3)O2)cc1. The second kappa shape index (κ2) is 10.9. The van der Waals surface area contributed by atoms with Gasteiger partial charge < -0.3 is 24.1 Å². The van der Waals surface area contributed by atoms with Crippen molar-refractivity contribution in [2.75, 3.05) is 24.8 Å². The number of carbonyl (C=O) groups excluding carboxylic acids is 1. The predicted octanol–water partition coefficient (Wildman–Crippen LogP) is 4.39. The number of nitrogens with one attached hydrogen (secondary N) is 1. The van der Waals surface area contributed by atoms with Gasteiger partial charge in [-0.25, -0.2) is 4.98 Å². The molecule has 0 radical (unpaired) electrons. The topological polar surface area (TPSA) is 74.6 Å². The van der Waals surface area contributed by atoms with Crippen molar-refractivity contribution in [3.8, 4) is 5.75 Å². The minimum Gasteiger partial charge on any atom is -0.497 e. The summed E-state index contributed by atoms with van der Waals surface area (Å²) in [6.45, 7) is 2.65. The molecule has 1 aliphatic heterocycles. The third-order valence-electron chi connectivity index (χ3n) is 5.46. The molecule has 2 heterocycles. The van der Waals surface area contributed by atoms with E-state index in [1.54, 1.807) is 31.4 Å². The fourth-order valence-electron chi connectivity index (χ4n) is 3.80. The Bertz CT molecular complexity index is 1020. The molecule has 0 saturated carbocycles. The number of benzene rings is 2. The number of aryl methyl sites for hydroxylation is 1. The lowest BCUT2D eigenvalue weighted by atomic mass is 10.0. The third kappa shape index (κ3) is 6.60. The molecule has 1 fully saturated rings. The predicted molar refractivity (Wildman–Crippen MR) is 129 cm³/mol. The molecule has 1 N–H and O–H groups in total. The van der Waals surface area contributed by atoms with Crippen LogP contribution < -0.4 is 10.1 Å². The van der Waals surface area contributed by atoms with Gasteiger partial charge >= 0.3 is 0 Å². The molecule has 3 aromatic rings. The Balaban J connectivity index is 1.36. The van der Waals surface area contributed by atoms with E-state index in [1.807, 2.05) is 47.2 Å². The maximum atomic E-state index is 11.2. The highest BCUT2D eigenvalue weighted by atomic mass is 32.2. The van der Waals surface area contributed by atoms with Crippen LogP contribution in [0.2, 0.25) is 0 Å². The minimum atomic E-state index is -0.693. The van der Waals surface area contributed by atoms with Gasteiger partial charge in [0.25, 0.3) is 0 Å². The van der Waals surface area contributed by atoms with Crippen LogP contribution >= 0.6 is 11.8 Å². The van der Waals surface area contributed by atoms with E-state index >= 15 is 0 Å². The largest absolute Gasteiger partial charge is 0.497 e. The summed E-state index contributed by atoms with van der Waals surface area (Å²) in [5.74, 6) is 0.868. The molecule has 0 spiro atoms. The van der Waals surface area contributed by atoms with Crippen molar-refractivity contribution in [1.29, 1.82) is 0 Å². The quantitative estimate of drug-likeness (QED) is 0.446. The highest BCUT2D eigenvalue weighted by Gasteiger charge is 2.41. The number of anilines is 1. The van der Waals surface area contributed by atoms with E-state index in [-0.39, 0.29) is 12.0 Å². The number of thioether (sulfide) groups is 1. The van der Waals surface area contributed by atoms with Crippen molar-refractivity contribution in [2.24, 2.45) is 0 Å². The van der Waals surface area contributed by atoms with Gasteiger partial charge in [-0.2, -0.15) is 0 Å². The minimum absolute atomic E-state index is 0.00981. The lowest BCUT2D eigenvalue weighted by Crippen LogP contribution is -2.37. The first-order valence-corrected chi connectivity index (χ1v) is 11.9. The molecule has 1 amide bonds. The average Bonchev–Trinajstić information content (AvgIpc) is 3.48. The van der Waals surface area contributed by atoms with E-state index in [2.05, 4.69) is 22.4 Å². The summed E-state index contributed by atoms with van der Waals surface area (Å²) in [6.07, 6.45) is 7.06. The summed E-state index contributed by atoms with van der Waals surface area (Å²) in [4.78, 5) is 16.5. The van der Waals surface area contributed by atoms with E-state index < -0.39 is 5.79 Å². The highest BCUT2D eigenvalue weighted by Crippen LogP contribution is 2.33. The molecule has 2 atom stereocenters. The van der Waals surface area contributed by atoms with Crippen molar-refractivity contribution in [2.45, 2.75) is 43.1 Å². The van der Waals surface area contributed by atoms with Crippen LogP contribution in [0.5, 0.6) is 5.75 Å². The first-order valence-electron chi connectivity index (χ1n) is 10.9. The van der Waals surface area contributed by atoms with Gasteiger partial charge in [-0.15, -0.1) is 11.8 Å². The molecule has 2 aromatic carbocycles. The summed E-state index contributed by atoms with van der Waals surface area (Å²) in [5, 5.41) is 2.79. The lowest BCUT2D eigenvalue weighted by Gasteiger charge is -2.28. The van der Waals surface area contributed by atoms with Gasteiger partial charge in [0.2, 0.25) is 5.91 Å². The van der Waals surface area contributed by atoms with Gasteiger partial charge in [0, 0.05) is 42.1 Å². The van der Waals surface area contributed by atoms with Crippen molar-refractivity contribution in [1.82, 2.24) is 9.55 Å². The van der Waals surface area contributed by atoms with Crippen LogP contribution in [-0.4, -0.2) is 46.8 Å². The standard InChI is InChI=1S/C25H29N3O4S/c1-19(29)27-21-5-9-24(10-6-21)33-16-23-15-31-25(32-23,17-28-14-13-26-18-28)12-11-20-3-7-22(30-2)8-4-20/h3-10,13-14,18,23H,11-12,15-17H2,1-2H3,(H,27,29)/t23-,25-/m1/s1. The highest BCUT2D eigenvalue weighted by molar-refractivity contribution is 7.99. The van der Waals surface area contributed by atoms with E-state index in [1.165, 1.54) is 12.5 Å². The van der Waals surface area contributed by atoms with Crippen molar-refractivity contribution < 1.29 is 19.0 Å². The third-order valence-corrected chi connectivity index (χ3v) is 6.60. The zero-order chi connectivity index (χ0) is 23.1. The smallest absolute Gasteiger partial charge is 0.221 e. The average molecular weight is 468 g/mol. The molecule has 1 saturated heterocycles. The monoisotopic (exact) mass is 467 g/mol. The summed E-state index contributed by atoms with van der Waals surface area (Å²) < 4.78 is 20.1. The van der Waals surface area contributed by atoms with Crippen LogP contribution in [0, 0.1) is 0 Å². The first-order chi connectivity index (χ1) is 16.0. The Morgan fingerprint density at radius 1 is 1.24 bits per heavy atom. The zero-order valence-corrected chi connectivity index (χ0v) is 19.7. The molecule has 4 rings (SSSR count). The number of ether oxygens (including phenoxy) is 3. The van der Waals surface area contributed by atoms with Gasteiger partial charge in [-0.1, -0.05) is 12.1 Å². The van der Waals surface area contributed by atoms with Crippen LogP contribution in [0.1, 0.15) is 18.9 Å². The van der Waals surface area contributed by atoms with Crippen molar-refractivity contribution in [3.63, 3.8) is 0 Å². The number of carbonyl (C=O) groups is 1. The molecule has 0 unspecified atom stereocenters. The molecule has 7 nitrogen and oxygen atoms in total.